The van der Waals surface area contributed by atoms with Crippen LogP contribution in [0.25, 0.3) is 10.9 Å². The molecule has 0 spiro atoms. The molecule has 4 nitrogen and oxygen atoms in total. The van der Waals surface area contributed by atoms with Crippen molar-refractivity contribution in [2.75, 3.05) is 20.2 Å². The van der Waals surface area contributed by atoms with E-state index in [0.29, 0.717) is 11.8 Å². The van der Waals surface area contributed by atoms with Crippen molar-refractivity contribution in [3.8, 4) is 5.75 Å². The first-order valence-corrected chi connectivity index (χ1v) is 10.6. The number of halogens is 1. The average molecular weight is 407 g/mol. The summed E-state index contributed by atoms with van der Waals surface area (Å²) in [6.45, 7) is 5.66. The number of piperidine rings is 1. The maximum Gasteiger partial charge on any atom is 0.123 e. The molecule has 5 heteroatoms. The van der Waals surface area contributed by atoms with Crippen LogP contribution in [0.2, 0.25) is 0 Å². The lowest BCUT2D eigenvalue weighted by atomic mass is 9.73. The van der Waals surface area contributed by atoms with Crippen molar-refractivity contribution in [1.82, 2.24) is 9.88 Å². The molecule has 1 aliphatic heterocycles. The third-order valence-electron chi connectivity index (χ3n) is 6.90. The molecule has 156 valence electrons. The van der Waals surface area contributed by atoms with E-state index in [1.807, 2.05) is 30.3 Å². The Hall–Kier alpha value is -2.79. The second kappa shape index (κ2) is 7.47. The Labute approximate surface area is 176 Å². The zero-order chi connectivity index (χ0) is 20.8. The summed E-state index contributed by atoms with van der Waals surface area (Å²) >= 11 is 0. The highest BCUT2D eigenvalue weighted by Crippen LogP contribution is 2.41. The fourth-order valence-corrected chi connectivity index (χ4v) is 5.48. The Balaban J connectivity index is 1.43. The van der Waals surface area contributed by atoms with Gasteiger partial charge in [0.25, 0.3) is 0 Å². The van der Waals surface area contributed by atoms with Gasteiger partial charge < -0.3 is 14.8 Å². The van der Waals surface area contributed by atoms with Crippen molar-refractivity contribution in [3.63, 3.8) is 0 Å². The van der Waals surface area contributed by atoms with Gasteiger partial charge in [0.1, 0.15) is 17.3 Å². The largest absolute Gasteiger partial charge is 0.511 e. The molecule has 1 fully saturated rings. The van der Waals surface area contributed by atoms with Gasteiger partial charge in [-0.25, -0.2) is 4.39 Å². The number of nitrogens with one attached hydrogen (secondary N) is 1. The van der Waals surface area contributed by atoms with E-state index in [1.165, 1.54) is 17.3 Å². The van der Waals surface area contributed by atoms with Crippen molar-refractivity contribution in [2.45, 2.75) is 25.3 Å². The number of hydrogen-bond acceptors (Lipinski definition) is 3. The number of hydrogen-bond donors (Lipinski definition) is 2. The molecule has 0 radical (unpaired) electrons. The molecule has 3 atom stereocenters. The summed E-state index contributed by atoms with van der Waals surface area (Å²) in [5.74, 6) is 1.82. The van der Waals surface area contributed by atoms with Gasteiger partial charge in [-0.1, -0.05) is 18.7 Å². The van der Waals surface area contributed by atoms with E-state index in [9.17, 15) is 9.50 Å². The summed E-state index contributed by atoms with van der Waals surface area (Å²) in [7, 11) is 1.65. The number of aromatic nitrogens is 1. The average Bonchev–Trinajstić information content (AvgIpc) is 3.09. The fraction of sp³-hybridized carbons (Fsp3) is 0.360. The maximum atomic E-state index is 13.9. The Morgan fingerprint density at radius 2 is 2.10 bits per heavy atom. The lowest BCUT2D eigenvalue weighted by Gasteiger charge is -2.44. The van der Waals surface area contributed by atoms with E-state index in [0.717, 1.165) is 54.6 Å². The quantitative estimate of drug-likeness (QED) is 0.588. The van der Waals surface area contributed by atoms with Gasteiger partial charge in [0.05, 0.1) is 13.2 Å². The summed E-state index contributed by atoms with van der Waals surface area (Å²) in [6, 6.07) is 12.6. The van der Waals surface area contributed by atoms with Gasteiger partial charge in [0, 0.05) is 23.1 Å². The Morgan fingerprint density at radius 3 is 2.90 bits per heavy atom. The molecule has 0 saturated carbocycles. The number of benzene rings is 2. The summed E-state index contributed by atoms with van der Waals surface area (Å²) in [6.07, 6.45) is 3.01. The van der Waals surface area contributed by atoms with Crippen LogP contribution in [0, 0.1) is 17.7 Å². The first-order valence-electron chi connectivity index (χ1n) is 10.6. The summed E-state index contributed by atoms with van der Waals surface area (Å²) in [5, 5.41) is 11.5. The van der Waals surface area contributed by atoms with E-state index in [4.69, 9.17) is 4.74 Å². The maximum absolute atomic E-state index is 13.9. The summed E-state index contributed by atoms with van der Waals surface area (Å²) in [5.41, 5.74) is 4.54. The number of H-pyrrole nitrogens is 1. The van der Waals surface area contributed by atoms with Crippen LogP contribution < -0.4 is 4.74 Å². The molecule has 2 N–H and O–H groups in total. The van der Waals surface area contributed by atoms with Gasteiger partial charge in [-0.05, 0) is 79.1 Å². The minimum absolute atomic E-state index is 0.160. The zero-order valence-corrected chi connectivity index (χ0v) is 17.2. The van der Waals surface area contributed by atoms with Gasteiger partial charge in [-0.2, -0.15) is 0 Å². The molecule has 30 heavy (non-hydrogen) atoms. The number of nitrogens with zero attached hydrogens (tertiary/aromatic N) is 1. The fourth-order valence-electron chi connectivity index (χ4n) is 5.48. The highest BCUT2D eigenvalue weighted by Gasteiger charge is 2.38. The molecule has 2 aromatic carbocycles. The lowest BCUT2D eigenvalue weighted by Crippen LogP contribution is -2.45. The summed E-state index contributed by atoms with van der Waals surface area (Å²) in [4.78, 5) is 5.85. The number of aromatic amines is 1. The van der Waals surface area contributed by atoms with Crippen LogP contribution in [-0.2, 0) is 12.8 Å². The number of methoxy groups -OCH3 is 1. The number of aliphatic hydroxyl groups excluding tert-OH is 1. The number of aliphatic hydroxyl groups is 1. The van der Waals surface area contributed by atoms with Gasteiger partial charge >= 0.3 is 0 Å². The first-order chi connectivity index (χ1) is 14.5. The van der Waals surface area contributed by atoms with Gasteiger partial charge in [0.2, 0.25) is 0 Å². The van der Waals surface area contributed by atoms with Gasteiger partial charge in [-0.15, -0.1) is 0 Å². The molecule has 3 aromatic rings. The SMILES string of the molecule is C=C(O)C(c1cccc(OC)c1)N1CCC2Cc3[nH]c4ccc(F)cc4c3CC2C1. The van der Waals surface area contributed by atoms with Crippen molar-refractivity contribution >= 4 is 10.9 Å². The van der Waals surface area contributed by atoms with Crippen LogP contribution in [0.4, 0.5) is 4.39 Å². The first kappa shape index (κ1) is 19.2. The van der Waals surface area contributed by atoms with Gasteiger partial charge in [-0.3, -0.25) is 4.90 Å². The van der Waals surface area contributed by atoms with Crippen molar-refractivity contribution in [1.29, 1.82) is 0 Å². The van der Waals surface area contributed by atoms with Crippen molar-refractivity contribution in [2.24, 2.45) is 11.8 Å². The number of likely N-dealkylation sites (tertiary alicyclic amines) is 1. The molecule has 2 heterocycles. The van der Waals surface area contributed by atoms with Gasteiger partial charge in [0.15, 0.2) is 0 Å². The lowest BCUT2D eigenvalue weighted by molar-refractivity contribution is 0.0716. The summed E-state index contributed by atoms with van der Waals surface area (Å²) < 4.78 is 19.2. The second-order valence-electron chi connectivity index (χ2n) is 8.65. The highest BCUT2D eigenvalue weighted by atomic mass is 19.1. The molecule has 1 saturated heterocycles. The van der Waals surface area contributed by atoms with E-state index in [-0.39, 0.29) is 17.6 Å². The predicted octanol–water partition coefficient (Wildman–Crippen LogP) is 5.17. The number of rotatable bonds is 4. The molecule has 0 amide bonds. The normalized spacial score (nSPS) is 22.3. The van der Waals surface area contributed by atoms with Crippen molar-refractivity contribution in [3.05, 3.63) is 77.4 Å². The van der Waals surface area contributed by atoms with E-state index in [1.54, 1.807) is 13.2 Å². The smallest absolute Gasteiger partial charge is 0.123 e. The number of fused-ring (bicyclic) bond motifs is 4. The van der Waals surface area contributed by atoms with Crippen LogP contribution in [0.1, 0.15) is 29.3 Å². The molecule has 0 bridgehead atoms. The molecular weight excluding hydrogens is 379 g/mol. The Morgan fingerprint density at radius 1 is 1.23 bits per heavy atom. The van der Waals surface area contributed by atoms with Crippen LogP contribution in [-0.4, -0.2) is 35.2 Å². The van der Waals surface area contributed by atoms with Crippen molar-refractivity contribution < 1.29 is 14.2 Å². The zero-order valence-electron chi connectivity index (χ0n) is 17.2. The third kappa shape index (κ3) is 3.27. The molecule has 1 aliphatic carbocycles. The standard InChI is InChI=1S/C25H27FN2O2/c1-15(29)25(17-4-3-5-20(10-17)30-2)28-9-8-16-12-24-21(11-18(16)14-28)22-13-19(26)6-7-23(22)27-24/h3-7,10,13,16,18,25,27,29H,1,8-9,11-12,14H2,2H3. The predicted molar refractivity (Wildman–Crippen MR) is 116 cm³/mol. The minimum atomic E-state index is -0.247. The molecule has 2 aliphatic rings. The Bertz CT molecular complexity index is 1110. The third-order valence-corrected chi connectivity index (χ3v) is 6.90. The molecule has 3 unspecified atom stereocenters. The molecule has 1 aromatic heterocycles. The second-order valence-corrected chi connectivity index (χ2v) is 8.65. The number of ether oxygens (including phenoxy) is 1. The van der Waals surface area contributed by atoms with Crippen LogP contribution in [0.3, 0.4) is 0 Å². The van der Waals surface area contributed by atoms with E-state index >= 15 is 0 Å². The van der Waals surface area contributed by atoms with E-state index in [2.05, 4.69) is 16.5 Å². The molecular formula is C25H27FN2O2. The van der Waals surface area contributed by atoms with Crippen LogP contribution >= 0.6 is 0 Å². The van der Waals surface area contributed by atoms with Crippen LogP contribution in [0.5, 0.6) is 5.75 Å². The topological polar surface area (TPSA) is 48.5 Å². The van der Waals surface area contributed by atoms with E-state index < -0.39 is 0 Å². The highest BCUT2D eigenvalue weighted by molar-refractivity contribution is 5.85. The Kier molecular flexibility index (Phi) is 4.78. The molecule has 5 rings (SSSR count). The minimum Gasteiger partial charge on any atom is -0.511 e. The van der Waals surface area contributed by atoms with Crippen LogP contribution in [0.15, 0.2) is 54.8 Å². The monoisotopic (exact) mass is 406 g/mol.